The van der Waals surface area contributed by atoms with Crippen LogP contribution in [-0.4, -0.2) is 15.9 Å². The van der Waals surface area contributed by atoms with Crippen molar-refractivity contribution in [2.24, 2.45) is 0 Å². The van der Waals surface area contributed by atoms with E-state index < -0.39 is 11.7 Å². The van der Waals surface area contributed by atoms with E-state index in [1.54, 1.807) is 6.26 Å². The van der Waals surface area contributed by atoms with Gasteiger partial charge in [-0.05, 0) is 55.7 Å². The Kier molecular flexibility index (Phi) is 5.41. The number of para-hydroxylation sites is 2. The number of amides is 1. The zero-order valence-electron chi connectivity index (χ0n) is 20.7. The number of imidazole rings is 1. The molecule has 0 saturated carbocycles. The molecule has 1 unspecified atom stereocenters. The first-order valence-corrected chi connectivity index (χ1v) is 12.1. The van der Waals surface area contributed by atoms with Gasteiger partial charge < -0.3 is 19.1 Å². The molecule has 6 rings (SSSR count). The standard InChI is InChI=1S/C30H25N3O4/c1-16-15-36-27-18(3)28-21(13-20(16)27)17(2)22(30(35)37-28)14-25(34)33-26(19-9-5-4-6-10-19)29-31-23-11-7-8-12-24(23)32-29/h4-13,15,26H,14H2,1-3H3,(H,31,32)(H,33,34). The SMILES string of the molecule is Cc1coc2c(C)c3oc(=O)c(CC(=O)NC(c4ccccc4)c4nc5ccccc5[nH]4)c(C)c3cc12. The zero-order chi connectivity index (χ0) is 25.7. The Hall–Kier alpha value is -4.65. The van der Waals surface area contributed by atoms with Gasteiger partial charge in [0.15, 0.2) is 0 Å². The number of aromatic amines is 1. The van der Waals surface area contributed by atoms with Gasteiger partial charge in [0, 0.05) is 16.3 Å². The fraction of sp³-hybridized carbons (Fsp3) is 0.167. The molecule has 0 radical (unpaired) electrons. The molecule has 1 atom stereocenters. The highest BCUT2D eigenvalue weighted by Crippen LogP contribution is 2.33. The van der Waals surface area contributed by atoms with Gasteiger partial charge in [-0.2, -0.15) is 0 Å². The highest BCUT2D eigenvalue weighted by Gasteiger charge is 2.23. The lowest BCUT2D eigenvalue weighted by atomic mass is 9.98. The molecular formula is C30H25N3O4. The summed E-state index contributed by atoms with van der Waals surface area (Å²) in [6.45, 7) is 5.71. The lowest BCUT2D eigenvalue weighted by molar-refractivity contribution is -0.121. The van der Waals surface area contributed by atoms with Crippen molar-refractivity contribution in [2.45, 2.75) is 33.2 Å². The average Bonchev–Trinajstić information content (AvgIpc) is 3.50. The van der Waals surface area contributed by atoms with Gasteiger partial charge in [-0.1, -0.05) is 42.5 Å². The Morgan fingerprint density at radius 1 is 0.973 bits per heavy atom. The molecule has 37 heavy (non-hydrogen) atoms. The van der Waals surface area contributed by atoms with Crippen molar-refractivity contribution in [1.82, 2.24) is 15.3 Å². The Morgan fingerprint density at radius 2 is 1.73 bits per heavy atom. The normalized spacial score (nSPS) is 12.4. The van der Waals surface area contributed by atoms with Gasteiger partial charge in [-0.25, -0.2) is 9.78 Å². The molecule has 3 aromatic carbocycles. The van der Waals surface area contributed by atoms with Crippen LogP contribution in [0.1, 0.15) is 39.7 Å². The van der Waals surface area contributed by atoms with Crippen LogP contribution in [0.3, 0.4) is 0 Å². The van der Waals surface area contributed by atoms with E-state index in [2.05, 4.69) is 10.3 Å². The summed E-state index contributed by atoms with van der Waals surface area (Å²) in [4.78, 5) is 34.4. The second-order valence-electron chi connectivity index (χ2n) is 9.39. The molecule has 184 valence electrons. The lowest BCUT2D eigenvalue weighted by Crippen LogP contribution is -2.32. The Morgan fingerprint density at radius 3 is 2.51 bits per heavy atom. The predicted molar refractivity (Wildman–Crippen MR) is 143 cm³/mol. The van der Waals surface area contributed by atoms with E-state index in [9.17, 15) is 9.59 Å². The molecule has 0 bridgehead atoms. The van der Waals surface area contributed by atoms with Gasteiger partial charge in [0.25, 0.3) is 0 Å². The van der Waals surface area contributed by atoms with Crippen molar-refractivity contribution < 1.29 is 13.6 Å². The van der Waals surface area contributed by atoms with Crippen LogP contribution in [0.15, 0.2) is 80.6 Å². The number of carbonyl (C=O) groups is 1. The Bertz CT molecular complexity index is 1830. The van der Waals surface area contributed by atoms with Gasteiger partial charge in [-0.15, -0.1) is 0 Å². The van der Waals surface area contributed by atoms with Crippen LogP contribution in [0.4, 0.5) is 0 Å². The molecule has 7 nitrogen and oxygen atoms in total. The average molecular weight is 492 g/mol. The van der Waals surface area contributed by atoms with E-state index in [0.717, 1.165) is 44.1 Å². The van der Waals surface area contributed by atoms with Gasteiger partial charge >= 0.3 is 5.63 Å². The molecule has 0 fully saturated rings. The molecule has 7 heteroatoms. The van der Waals surface area contributed by atoms with E-state index in [-0.39, 0.29) is 12.3 Å². The lowest BCUT2D eigenvalue weighted by Gasteiger charge is -2.18. The molecule has 0 saturated heterocycles. The maximum absolute atomic E-state index is 13.4. The molecular weight excluding hydrogens is 466 g/mol. The van der Waals surface area contributed by atoms with Crippen LogP contribution in [0.25, 0.3) is 33.0 Å². The quantitative estimate of drug-likeness (QED) is 0.297. The number of furan rings is 1. The topological polar surface area (TPSA) is 101 Å². The highest BCUT2D eigenvalue weighted by atomic mass is 16.4. The molecule has 1 amide bonds. The largest absolute Gasteiger partial charge is 0.464 e. The van der Waals surface area contributed by atoms with E-state index in [1.807, 2.05) is 81.4 Å². The number of fused-ring (bicyclic) bond motifs is 3. The summed E-state index contributed by atoms with van der Waals surface area (Å²) in [5, 5.41) is 4.84. The number of benzene rings is 3. The number of nitrogens with zero attached hydrogens (tertiary/aromatic N) is 1. The smallest absolute Gasteiger partial charge is 0.340 e. The van der Waals surface area contributed by atoms with Crippen molar-refractivity contribution in [3.05, 3.63) is 111 Å². The maximum Gasteiger partial charge on any atom is 0.340 e. The second kappa shape index (κ2) is 8.78. The highest BCUT2D eigenvalue weighted by molar-refractivity contribution is 6.00. The van der Waals surface area contributed by atoms with Gasteiger partial charge in [0.1, 0.15) is 23.0 Å². The van der Waals surface area contributed by atoms with Crippen LogP contribution >= 0.6 is 0 Å². The van der Waals surface area contributed by atoms with Crippen LogP contribution in [0.2, 0.25) is 0 Å². The van der Waals surface area contributed by atoms with E-state index in [4.69, 9.17) is 13.8 Å². The number of aromatic nitrogens is 2. The number of carbonyl (C=O) groups excluding carboxylic acids is 1. The molecule has 0 spiro atoms. The third-order valence-corrected chi connectivity index (χ3v) is 6.99. The Balaban J connectivity index is 1.38. The third kappa shape index (κ3) is 3.89. The van der Waals surface area contributed by atoms with Crippen molar-refractivity contribution in [2.75, 3.05) is 0 Å². The van der Waals surface area contributed by atoms with Crippen LogP contribution in [0.5, 0.6) is 0 Å². The summed E-state index contributed by atoms with van der Waals surface area (Å²) in [7, 11) is 0. The molecule has 2 N–H and O–H groups in total. The van der Waals surface area contributed by atoms with Gasteiger partial charge in [-0.3, -0.25) is 4.79 Å². The minimum atomic E-state index is -0.522. The molecule has 3 heterocycles. The summed E-state index contributed by atoms with van der Waals surface area (Å²) in [5.41, 5.74) is 6.08. The maximum atomic E-state index is 13.4. The first-order valence-electron chi connectivity index (χ1n) is 12.1. The van der Waals surface area contributed by atoms with Gasteiger partial charge in [0.05, 0.1) is 29.3 Å². The summed E-state index contributed by atoms with van der Waals surface area (Å²) in [6.07, 6.45) is 1.58. The minimum absolute atomic E-state index is 0.116. The second-order valence-corrected chi connectivity index (χ2v) is 9.39. The van der Waals surface area contributed by atoms with Crippen LogP contribution in [0, 0.1) is 20.8 Å². The number of H-pyrrole nitrogens is 1. The Labute approximate surface area is 212 Å². The van der Waals surface area contributed by atoms with Crippen LogP contribution in [-0.2, 0) is 11.2 Å². The van der Waals surface area contributed by atoms with Crippen molar-refractivity contribution in [3.8, 4) is 0 Å². The first-order chi connectivity index (χ1) is 17.9. The first kappa shape index (κ1) is 22.8. The van der Waals surface area contributed by atoms with Crippen molar-refractivity contribution >= 4 is 38.9 Å². The molecule has 0 aliphatic carbocycles. The summed E-state index contributed by atoms with van der Waals surface area (Å²) < 4.78 is 11.4. The number of rotatable bonds is 5. The fourth-order valence-corrected chi connectivity index (χ4v) is 4.96. The van der Waals surface area contributed by atoms with Crippen molar-refractivity contribution in [1.29, 1.82) is 0 Å². The van der Waals surface area contributed by atoms with E-state index in [1.165, 1.54) is 0 Å². The molecule has 3 aromatic heterocycles. The zero-order valence-corrected chi connectivity index (χ0v) is 20.7. The van der Waals surface area contributed by atoms with Crippen molar-refractivity contribution in [3.63, 3.8) is 0 Å². The monoisotopic (exact) mass is 491 g/mol. The summed E-state index contributed by atoms with van der Waals surface area (Å²) in [5.74, 6) is 0.317. The number of nitrogens with one attached hydrogen (secondary N) is 2. The third-order valence-electron chi connectivity index (χ3n) is 6.99. The molecule has 0 aliphatic heterocycles. The number of hydrogen-bond donors (Lipinski definition) is 2. The molecule has 6 aromatic rings. The minimum Gasteiger partial charge on any atom is -0.464 e. The summed E-state index contributed by atoms with van der Waals surface area (Å²) in [6, 6.07) is 18.8. The van der Waals surface area contributed by atoms with Crippen LogP contribution < -0.4 is 10.9 Å². The number of hydrogen-bond acceptors (Lipinski definition) is 5. The fourth-order valence-electron chi connectivity index (χ4n) is 4.96. The summed E-state index contributed by atoms with van der Waals surface area (Å²) >= 11 is 0. The predicted octanol–water partition coefficient (Wildman–Crippen LogP) is 5.79. The molecule has 0 aliphatic rings. The van der Waals surface area contributed by atoms with E-state index in [0.29, 0.717) is 22.6 Å². The van der Waals surface area contributed by atoms with E-state index >= 15 is 0 Å². The number of aryl methyl sites for hydroxylation is 3. The van der Waals surface area contributed by atoms with Gasteiger partial charge in [0.2, 0.25) is 5.91 Å².